The Morgan fingerprint density at radius 3 is 2.43 bits per heavy atom. The zero-order valence-electron chi connectivity index (χ0n) is 16.1. The number of ether oxygens (including phenoxy) is 4. The number of carbonyl (C=O) groups is 2. The third-order valence-corrected chi connectivity index (χ3v) is 5.02. The van der Waals surface area contributed by atoms with Gasteiger partial charge in [0, 0.05) is 11.5 Å². The van der Waals surface area contributed by atoms with Gasteiger partial charge in [0.05, 0.1) is 26.2 Å². The first kappa shape index (κ1) is 18.1. The average Bonchev–Trinajstić information content (AvgIpc) is 3.03. The third-order valence-electron chi connectivity index (χ3n) is 5.02. The summed E-state index contributed by atoms with van der Waals surface area (Å²) in [5.41, 5.74) is 2.84. The molecule has 0 amide bonds. The van der Waals surface area contributed by atoms with Crippen LogP contribution in [0.25, 0.3) is 0 Å². The van der Waals surface area contributed by atoms with Gasteiger partial charge in [-0.1, -0.05) is 6.07 Å². The Balaban J connectivity index is 1.90. The van der Waals surface area contributed by atoms with E-state index < -0.39 is 0 Å². The zero-order valence-corrected chi connectivity index (χ0v) is 16.1. The van der Waals surface area contributed by atoms with Crippen molar-refractivity contribution in [1.29, 1.82) is 0 Å². The number of fused-ring (bicyclic) bond motifs is 3. The van der Waals surface area contributed by atoms with Crippen molar-refractivity contribution in [3.63, 3.8) is 0 Å². The summed E-state index contributed by atoms with van der Waals surface area (Å²) in [5, 5.41) is 0. The Hall–Kier alpha value is -3.28. The van der Waals surface area contributed by atoms with E-state index in [2.05, 4.69) is 0 Å². The largest absolute Gasteiger partial charge is 0.493 e. The first-order valence-corrected chi connectivity index (χ1v) is 8.94. The van der Waals surface area contributed by atoms with Gasteiger partial charge in [-0.2, -0.15) is 0 Å². The van der Waals surface area contributed by atoms with Gasteiger partial charge >= 0.3 is 5.97 Å². The van der Waals surface area contributed by atoms with Crippen LogP contribution in [0.1, 0.15) is 47.7 Å². The van der Waals surface area contributed by atoms with Crippen LogP contribution in [0.2, 0.25) is 0 Å². The molecule has 2 aromatic rings. The fourth-order valence-corrected chi connectivity index (χ4v) is 3.68. The van der Waals surface area contributed by atoms with Gasteiger partial charge in [-0.25, -0.2) is 0 Å². The van der Waals surface area contributed by atoms with Crippen LogP contribution in [0, 0.1) is 0 Å². The van der Waals surface area contributed by atoms with E-state index in [0.717, 1.165) is 11.1 Å². The minimum absolute atomic E-state index is 0.140. The van der Waals surface area contributed by atoms with Gasteiger partial charge in [0.25, 0.3) is 0 Å². The molecule has 2 aliphatic heterocycles. The van der Waals surface area contributed by atoms with E-state index in [0.29, 0.717) is 39.9 Å². The third kappa shape index (κ3) is 2.72. The minimum atomic E-state index is -0.334. The highest BCUT2D eigenvalue weighted by atomic mass is 16.5. The zero-order chi connectivity index (χ0) is 20.0. The molecule has 0 aromatic heterocycles. The summed E-state index contributed by atoms with van der Waals surface area (Å²) in [6.45, 7) is 3.66. The lowest BCUT2D eigenvalue weighted by molar-refractivity contribution is -0.135. The molecule has 2 aromatic carbocycles. The predicted octanol–water partition coefficient (Wildman–Crippen LogP) is 4.01. The molecule has 4 rings (SSSR count). The first-order chi connectivity index (χ1) is 13.4. The average molecular weight is 380 g/mol. The molecule has 144 valence electrons. The molecular weight excluding hydrogens is 360 g/mol. The SMILES string of the molecule is COc1ccc([C@H]2CC(=O)Oc3ccc4c(c32)OC(=C(C)C)C4=O)cc1OC. The minimum Gasteiger partial charge on any atom is -0.493 e. The van der Waals surface area contributed by atoms with E-state index in [-0.39, 0.29) is 24.1 Å². The summed E-state index contributed by atoms with van der Waals surface area (Å²) >= 11 is 0. The highest BCUT2D eigenvalue weighted by molar-refractivity contribution is 6.13. The van der Waals surface area contributed by atoms with Crippen molar-refractivity contribution >= 4 is 11.8 Å². The maximum absolute atomic E-state index is 12.7. The van der Waals surface area contributed by atoms with Crippen molar-refractivity contribution in [3.05, 3.63) is 58.4 Å². The molecule has 1 atom stereocenters. The molecule has 0 spiro atoms. The van der Waals surface area contributed by atoms with Crippen LogP contribution in [-0.4, -0.2) is 26.0 Å². The van der Waals surface area contributed by atoms with E-state index in [4.69, 9.17) is 18.9 Å². The quantitative estimate of drug-likeness (QED) is 0.455. The van der Waals surface area contributed by atoms with Gasteiger partial charge < -0.3 is 18.9 Å². The fourth-order valence-electron chi connectivity index (χ4n) is 3.68. The normalized spacial score (nSPS) is 17.4. The van der Waals surface area contributed by atoms with Crippen LogP contribution in [0.5, 0.6) is 23.0 Å². The summed E-state index contributed by atoms with van der Waals surface area (Å²) in [4.78, 5) is 24.9. The van der Waals surface area contributed by atoms with Crippen molar-refractivity contribution < 1.29 is 28.5 Å². The standard InChI is InChI=1S/C22H20O6/c1-11(2)21-20(24)13-6-8-16-19(22(13)28-21)14(10-18(23)27-16)12-5-7-15(25-3)17(9-12)26-4/h5-9,14H,10H2,1-4H3/t14-/m1/s1. The Bertz CT molecular complexity index is 1030. The van der Waals surface area contributed by atoms with Crippen molar-refractivity contribution in [3.8, 4) is 23.0 Å². The van der Waals surface area contributed by atoms with Gasteiger partial charge in [-0.3, -0.25) is 9.59 Å². The Kier molecular flexibility index (Phi) is 4.34. The van der Waals surface area contributed by atoms with Gasteiger partial charge in [0.1, 0.15) is 11.5 Å². The molecule has 0 N–H and O–H groups in total. The summed E-state index contributed by atoms with van der Waals surface area (Å²) in [6.07, 6.45) is 0.140. The number of hydrogen-bond acceptors (Lipinski definition) is 6. The second kappa shape index (κ2) is 6.71. The molecule has 0 fully saturated rings. The molecule has 0 bridgehead atoms. The van der Waals surface area contributed by atoms with Crippen LogP contribution in [0.4, 0.5) is 0 Å². The topological polar surface area (TPSA) is 71.1 Å². The lowest BCUT2D eigenvalue weighted by Gasteiger charge is -2.26. The number of esters is 1. The number of Topliss-reactive ketones (excluding diaryl/α,β-unsaturated/α-hetero) is 1. The Labute approximate surface area is 162 Å². The van der Waals surface area contributed by atoms with Crippen LogP contribution < -0.4 is 18.9 Å². The lowest BCUT2D eigenvalue weighted by atomic mass is 9.84. The van der Waals surface area contributed by atoms with Crippen LogP contribution in [-0.2, 0) is 4.79 Å². The van der Waals surface area contributed by atoms with E-state index >= 15 is 0 Å². The summed E-state index contributed by atoms with van der Waals surface area (Å²) in [5.74, 6) is 1.56. The number of benzene rings is 2. The highest BCUT2D eigenvalue weighted by Crippen LogP contribution is 2.49. The molecule has 0 unspecified atom stereocenters. The van der Waals surface area contributed by atoms with Gasteiger partial charge in [0.2, 0.25) is 5.78 Å². The number of hydrogen-bond donors (Lipinski definition) is 0. The molecule has 6 nitrogen and oxygen atoms in total. The Morgan fingerprint density at radius 2 is 1.75 bits per heavy atom. The van der Waals surface area contributed by atoms with Crippen molar-refractivity contribution in [2.75, 3.05) is 14.2 Å². The molecular formula is C22H20O6. The summed E-state index contributed by atoms with van der Waals surface area (Å²) in [7, 11) is 3.13. The maximum atomic E-state index is 12.7. The molecule has 0 saturated heterocycles. The number of allylic oxidation sites excluding steroid dienone is 2. The molecule has 0 aliphatic carbocycles. The number of ketones is 1. The molecule has 0 radical (unpaired) electrons. The molecule has 0 saturated carbocycles. The Morgan fingerprint density at radius 1 is 1.00 bits per heavy atom. The predicted molar refractivity (Wildman–Crippen MR) is 101 cm³/mol. The molecule has 2 aliphatic rings. The fraction of sp³-hybridized carbons (Fsp3) is 0.273. The summed E-state index contributed by atoms with van der Waals surface area (Å²) < 4.78 is 22.1. The molecule has 28 heavy (non-hydrogen) atoms. The number of rotatable bonds is 3. The second-order valence-corrected chi connectivity index (χ2v) is 6.96. The summed E-state index contributed by atoms with van der Waals surface area (Å²) in [6, 6.07) is 8.83. The lowest BCUT2D eigenvalue weighted by Crippen LogP contribution is -2.21. The molecule has 2 heterocycles. The van der Waals surface area contributed by atoms with Gasteiger partial charge in [-0.15, -0.1) is 0 Å². The van der Waals surface area contributed by atoms with E-state index in [1.807, 2.05) is 26.0 Å². The van der Waals surface area contributed by atoms with E-state index in [9.17, 15) is 9.59 Å². The van der Waals surface area contributed by atoms with E-state index in [1.165, 1.54) is 0 Å². The van der Waals surface area contributed by atoms with E-state index in [1.54, 1.807) is 32.4 Å². The van der Waals surface area contributed by atoms with Crippen LogP contribution >= 0.6 is 0 Å². The van der Waals surface area contributed by atoms with Crippen molar-refractivity contribution in [1.82, 2.24) is 0 Å². The monoisotopic (exact) mass is 380 g/mol. The smallest absolute Gasteiger partial charge is 0.312 e. The van der Waals surface area contributed by atoms with Gasteiger partial charge in [-0.05, 0) is 49.2 Å². The van der Waals surface area contributed by atoms with Gasteiger partial charge in [0.15, 0.2) is 17.3 Å². The number of methoxy groups -OCH3 is 2. The number of carbonyl (C=O) groups excluding carboxylic acids is 2. The van der Waals surface area contributed by atoms with Crippen molar-refractivity contribution in [2.24, 2.45) is 0 Å². The van der Waals surface area contributed by atoms with Crippen LogP contribution in [0.3, 0.4) is 0 Å². The molecule has 6 heteroatoms. The first-order valence-electron chi connectivity index (χ1n) is 8.94. The van der Waals surface area contributed by atoms with Crippen molar-refractivity contribution in [2.45, 2.75) is 26.2 Å². The van der Waals surface area contributed by atoms with Crippen LogP contribution in [0.15, 0.2) is 41.7 Å². The maximum Gasteiger partial charge on any atom is 0.312 e. The highest BCUT2D eigenvalue weighted by Gasteiger charge is 2.39. The second-order valence-electron chi connectivity index (χ2n) is 6.96.